The highest BCUT2D eigenvalue weighted by molar-refractivity contribution is 8.93. The molecule has 0 aromatic heterocycles. The molecule has 0 amide bonds. The van der Waals surface area contributed by atoms with Gasteiger partial charge in [-0.05, 0) is 24.6 Å². The fourth-order valence-corrected chi connectivity index (χ4v) is 1.21. The lowest BCUT2D eigenvalue weighted by molar-refractivity contribution is 0.174. The number of allylic oxidation sites excluding steroid dienone is 1. The number of ether oxygens (including phenoxy) is 2. The van der Waals surface area contributed by atoms with Crippen molar-refractivity contribution >= 4 is 23.1 Å². The van der Waals surface area contributed by atoms with Crippen LogP contribution in [0.3, 0.4) is 0 Å². The van der Waals surface area contributed by atoms with Crippen molar-refractivity contribution in [3.63, 3.8) is 0 Å². The van der Waals surface area contributed by atoms with E-state index in [0.717, 1.165) is 17.1 Å². The zero-order valence-electron chi connectivity index (χ0n) is 7.32. The van der Waals surface area contributed by atoms with E-state index >= 15 is 0 Å². The molecular weight excluding hydrogens is 232 g/mol. The Morgan fingerprint density at radius 2 is 2.00 bits per heavy atom. The average Bonchev–Trinajstić information content (AvgIpc) is 2.51. The lowest BCUT2D eigenvalue weighted by Gasteiger charge is -1.96. The molecule has 2 rings (SSSR count). The first-order valence-electron chi connectivity index (χ1n) is 3.92. The summed E-state index contributed by atoms with van der Waals surface area (Å²) in [4.78, 5) is 0. The van der Waals surface area contributed by atoms with Gasteiger partial charge in [0.15, 0.2) is 11.5 Å². The molecule has 1 heterocycles. The quantitative estimate of drug-likeness (QED) is 0.754. The maximum absolute atomic E-state index is 5.23. The molecule has 0 unspecified atom stereocenters. The maximum Gasteiger partial charge on any atom is 0.231 e. The molecule has 0 fully saturated rings. The Morgan fingerprint density at radius 1 is 1.23 bits per heavy atom. The Kier molecular flexibility index (Phi) is 3.37. The molecule has 0 aliphatic carbocycles. The lowest BCUT2D eigenvalue weighted by Crippen LogP contribution is -1.92. The molecule has 0 N–H and O–H groups in total. The number of hydrogen-bond acceptors (Lipinski definition) is 2. The third-order valence-electron chi connectivity index (χ3n) is 1.76. The fraction of sp³-hybridized carbons (Fsp3) is 0.200. The van der Waals surface area contributed by atoms with E-state index in [4.69, 9.17) is 9.47 Å². The molecule has 13 heavy (non-hydrogen) atoms. The van der Waals surface area contributed by atoms with Crippen molar-refractivity contribution in [2.75, 3.05) is 6.79 Å². The molecule has 70 valence electrons. The minimum Gasteiger partial charge on any atom is -0.454 e. The van der Waals surface area contributed by atoms with Crippen molar-refractivity contribution in [2.24, 2.45) is 0 Å². The van der Waals surface area contributed by atoms with Crippen molar-refractivity contribution in [2.45, 2.75) is 6.92 Å². The summed E-state index contributed by atoms with van der Waals surface area (Å²) < 4.78 is 10.4. The summed E-state index contributed by atoms with van der Waals surface area (Å²) in [5.74, 6) is 1.67. The van der Waals surface area contributed by atoms with Crippen LogP contribution in [-0.2, 0) is 0 Å². The number of rotatable bonds is 1. The highest BCUT2D eigenvalue weighted by atomic mass is 79.9. The van der Waals surface area contributed by atoms with Gasteiger partial charge >= 0.3 is 0 Å². The Hall–Kier alpha value is -0.960. The highest BCUT2D eigenvalue weighted by Crippen LogP contribution is 2.32. The van der Waals surface area contributed by atoms with Gasteiger partial charge in [-0.15, -0.1) is 17.0 Å². The molecule has 0 spiro atoms. The Balaban J connectivity index is 0.000000845. The van der Waals surface area contributed by atoms with Gasteiger partial charge in [-0.2, -0.15) is 0 Å². The van der Waals surface area contributed by atoms with Crippen LogP contribution in [0.4, 0.5) is 0 Å². The summed E-state index contributed by atoms with van der Waals surface area (Å²) in [6.07, 6.45) is 4.03. The van der Waals surface area contributed by atoms with Gasteiger partial charge in [-0.1, -0.05) is 18.2 Å². The molecule has 0 saturated heterocycles. The molecule has 1 aliphatic rings. The van der Waals surface area contributed by atoms with Gasteiger partial charge in [-0.25, -0.2) is 0 Å². The molecule has 1 aromatic carbocycles. The summed E-state index contributed by atoms with van der Waals surface area (Å²) in [7, 11) is 0. The van der Waals surface area contributed by atoms with E-state index in [-0.39, 0.29) is 17.0 Å². The van der Waals surface area contributed by atoms with Crippen molar-refractivity contribution in [3.8, 4) is 11.5 Å². The molecule has 0 saturated carbocycles. The highest BCUT2D eigenvalue weighted by Gasteiger charge is 2.11. The summed E-state index contributed by atoms with van der Waals surface area (Å²) in [5, 5.41) is 0. The molecular formula is C10H11BrO2. The zero-order valence-corrected chi connectivity index (χ0v) is 9.03. The van der Waals surface area contributed by atoms with E-state index in [1.54, 1.807) is 0 Å². The van der Waals surface area contributed by atoms with E-state index in [0.29, 0.717) is 6.79 Å². The molecule has 3 heteroatoms. The van der Waals surface area contributed by atoms with Crippen LogP contribution in [0.5, 0.6) is 11.5 Å². The van der Waals surface area contributed by atoms with Crippen molar-refractivity contribution in [1.29, 1.82) is 0 Å². The number of benzene rings is 1. The summed E-state index contributed by atoms with van der Waals surface area (Å²) in [5.41, 5.74) is 1.14. The van der Waals surface area contributed by atoms with Crippen LogP contribution in [0.1, 0.15) is 12.5 Å². The monoisotopic (exact) mass is 242 g/mol. The minimum atomic E-state index is 0. The standard InChI is InChI=1S/C10H10O2.BrH/c1-2-3-8-4-5-9-10(6-8)12-7-11-9;/h2-6H,7H2,1H3;1H. The smallest absolute Gasteiger partial charge is 0.231 e. The van der Waals surface area contributed by atoms with Crippen LogP contribution in [0.2, 0.25) is 0 Å². The Bertz CT molecular complexity index is 321. The second kappa shape index (κ2) is 4.33. The maximum atomic E-state index is 5.23. The van der Waals surface area contributed by atoms with Crippen LogP contribution >= 0.6 is 17.0 Å². The Morgan fingerprint density at radius 3 is 2.77 bits per heavy atom. The molecule has 0 radical (unpaired) electrons. The lowest BCUT2D eigenvalue weighted by atomic mass is 10.2. The molecule has 1 aromatic rings. The largest absolute Gasteiger partial charge is 0.454 e. The molecule has 0 atom stereocenters. The van der Waals surface area contributed by atoms with Crippen molar-refractivity contribution in [1.82, 2.24) is 0 Å². The van der Waals surface area contributed by atoms with E-state index < -0.39 is 0 Å². The fourth-order valence-electron chi connectivity index (χ4n) is 1.21. The van der Waals surface area contributed by atoms with Crippen LogP contribution in [0, 0.1) is 0 Å². The number of fused-ring (bicyclic) bond motifs is 1. The average molecular weight is 243 g/mol. The van der Waals surface area contributed by atoms with Gasteiger partial charge in [0, 0.05) is 0 Å². The van der Waals surface area contributed by atoms with Crippen molar-refractivity contribution < 1.29 is 9.47 Å². The van der Waals surface area contributed by atoms with Gasteiger partial charge < -0.3 is 9.47 Å². The predicted octanol–water partition coefficient (Wildman–Crippen LogP) is 3.03. The van der Waals surface area contributed by atoms with Gasteiger partial charge in [-0.3, -0.25) is 0 Å². The third-order valence-corrected chi connectivity index (χ3v) is 1.76. The van der Waals surface area contributed by atoms with Crippen LogP contribution in [0.15, 0.2) is 24.3 Å². The van der Waals surface area contributed by atoms with E-state index in [1.165, 1.54) is 0 Å². The van der Waals surface area contributed by atoms with Gasteiger partial charge in [0.25, 0.3) is 0 Å². The number of hydrogen-bond donors (Lipinski definition) is 0. The van der Waals surface area contributed by atoms with Crippen molar-refractivity contribution in [3.05, 3.63) is 29.8 Å². The molecule has 2 nitrogen and oxygen atoms in total. The number of halogens is 1. The van der Waals surface area contributed by atoms with Crippen LogP contribution < -0.4 is 9.47 Å². The zero-order chi connectivity index (χ0) is 8.39. The third kappa shape index (κ3) is 2.04. The van der Waals surface area contributed by atoms with Gasteiger partial charge in [0.05, 0.1) is 0 Å². The second-order valence-electron chi connectivity index (χ2n) is 2.61. The first kappa shape index (κ1) is 10.1. The SMILES string of the molecule is Br.CC=Cc1ccc2c(c1)OCO2. The van der Waals surface area contributed by atoms with Crippen LogP contribution in [-0.4, -0.2) is 6.79 Å². The summed E-state index contributed by atoms with van der Waals surface area (Å²) >= 11 is 0. The normalized spacial score (nSPS) is 13.0. The minimum absolute atomic E-state index is 0. The second-order valence-corrected chi connectivity index (χ2v) is 2.61. The van der Waals surface area contributed by atoms with Gasteiger partial charge in [0.1, 0.15) is 0 Å². The molecule has 1 aliphatic heterocycles. The molecule has 0 bridgehead atoms. The van der Waals surface area contributed by atoms with E-state index in [9.17, 15) is 0 Å². The first-order valence-corrected chi connectivity index (χ1v) is 3.92. The topological polar surface area (TPSA) is 18.5 Å². The first-order chi connectivity index (χ1) is 5.90. The van der Waals surface area contributed by atoms with Crippen LogP contribution in [0.25, 0.3) is 6.08 Å². The summed E-state index contributed by atoms with van der Waals surface area (Å²) in [6.45, 7) is 2.33. The Labute approximate surface area is 87.9 Å². The van der Waals surface area contributed by atoms with E-state index in [2.05, 4.69) is 0 Å². The summed E-state index contributed by atoms with van der Waals surface area (Å²) in [6, 6.07) is 5.91. The van der Waals surface area contributed by atoms with Gasteiger partial charge in [0.2, 0.25) is 6.79 Å². The van der Waals surface area contributed by atoms with E-state index in [1.807, 2.05) is 37.3 Å². The predicted molar refractivity (Wildman–Crippen MR) is 57.6 cm³/mol.